The Morgan fingerprint density at radius 3 is 2.38 bits per heavy atom. The zero-order valence-corrected chi connectivity index (χ0v) is 18.2. The maximum absolute atomic E-state index is 13.1. The second kappa shape index (κ2) is 9.43. The molecule has 1 N–H and O–H groups in total. The molecule has 0 radical (unpaired) electrons. The summed E-state index contributed by atoms with van der Waals surface area (Å²) in [6.45, 7) is 4.63. The van der Waals surface area contributed by atoms with Crippen molar-refractivity contribution < 1.29 is 23.9 Å². The molecule has 1 aliphatic carbocycles. The number of nitrogens with zero attached hydrogens (tertiary/aromatic N) is 1. The second-order valence-corrected chi connectivity index (χ2v) is 7.83. The van der Waals surface area contributed by atoms with Crippen molar-refractivity contribution in [3.05, 3.63) is 27.7 Å². The molecule has 0 aromatic heterocycles. The quantitative estimate of drug-likeness (QED) is 0.507. The van der Waals surface area contributed by atoms with E-state index in [1.54, 1.807) is 12.1 Å². The standard InChI is InChI=1S/C21H25BrN2O5/c1-3-28-17-12-18(29-4-2)16(22)11-13(17)10-15-19(25)23-21(27)24(20(15)26)14-8-6-5-7-9-14/h10-12,14H,3-9H2,1-2H3,(H,23,25,27). The van der Waals surface area contributed by atoms with Crippen LogP contribution in [0.2, 0.25) is 0 Å². The average Bonchev–Trinajstić information content (AvgIpc) is 2.69. The van der Waals surface area contributed by atoms with Crippen LogP contribution in [-0.2, 0) is 9.59 Å². The van der Waals surface area contributed by atoms with E-state index < -0.39 is 17.8 Å². The predicted molar refractivity (Wildman–Crippen MR) is 112 cm³/mol. The number of hydrogen-bond acceptors (Lipinski definition) is 5. The van der Waals surface area contributed by atoms with Crippen LogP contribution in [0.5, 0.6) is 11.5 Å². The third-order valence-electron chi connectivity index (χ3n) is 5.04. The van der Waals surface area contributed by atoms with Gasteiger partial charge in [0.2, 0.25) is 0 Å². The first-order valence-corrected chi connectivity index (χ1v) is 10.7. The van der Waals surface area contributed by atoms with Gasteiger partial charge in [-0.05, 0) is 54.8 Å². The summed E-state index contributed by atoms with van der Waals surface area (Å²) in [7, 11) is 0. The molecule has 4 amide bonds. The van der Waals surface area contributed by atoms with Crippen LogP contribution in [0.3, 0.4) is 0 Å². The van der Waals surface area contributed by atoms with E-state index in [9.17, 15) is 14.4 Å². The van der Waals surface area contributed by atoms with Crippen LogP contribution < -0.4 is 14.8 Å². The Balaban J connectivity index is 1.99. The van der Waals surface area contributed by atoms with E-state index in [4.69, 9.17) is 9.47 Å². The molecule has 0 atom stereocenters. The maximum atomic E-state index is 13.1. The number of halogens is 1. The van der Waals surface area contributed by atoms with E-state index in [-0.39, 0.29) is 11.6 Å². The minimum atomic E-state index is -0.695. The van der Waals surface area contributed by atoms with Crippen molar-refractivity contribution in [2.75, 3.05) is 13.2 Å². The first-order valence-electron chi connectivity index (χ1n) is 9.96. The Morgan fingerprint density at radius 2 is 1.72 bits per heavy atom. The highest BCUT2D eigenvalue weighted by atomic mass is 79.9. The van der Waals surface area contributed by atoms with Gasteiger partial charge in [-0.25, -0.2) is 4.79 Å². The lowest BCUT2D eigenvalue weighted by atomic mass is 9.93. The second-order valence-electron chi connectivity index (χ2n) is 6.97. The van der Waals surface area contributed by atoms with Gasteiger partial charge >= 0.3 is 6.03 Å². The van der Waals surface area contributed by atoms with Crippen LogP contribution in [0.15, 0.2) is 22.2 Å². The van der Waals surface area contributed by atoms with Gasteiger partial charge in [0.1, 0.15) is 17.1 Å². The summed E-state index contributed by atoms with van der Waals surface area (Å²) in [5.41, 5.74) is 0.478. The molecule has 0 unspecified atom stereocenters. The van der Waals surface area contributed by atoms with E-state index in [2.05, 4.69) is 21.2 Å². The molecule has 1 aliphatic heterocycles. The van der Waals surface area contributed by atoms with E-state index >= 15 is 0 Å². The highest BCUT2D eigenvalue weighted by Gasteiger charge is 2.40. The number of carbonyl (C=O) groups is 3. The molecule has 1 heterocycles. The molecule has 156 valence electrons. The molecule has 8 heteroatoms. The number of carbonyl (C=O) groups excluding carboxylic acids is 3. The van der Waals surface area contributed by atoms with Crippen molar-refractivity contribution in [3.63, 3.8) is 0 Å². The maximum Gasteiger partial charge on any atom is 0.331 e. The van der Waals surface area contributed by atoms with Crippen LogP contribution >= 0.6 is 15.9 Å². The number of ether oxygens (including phenoxy) is 2. The van der Waals surface area contributed by atoms with E-state index in [1.807, 2.05) is 13.8 Å². The number of benzene rings is 1. The van der Waals surface area contributed by atoms with Crippen LogP contribution in [-0.4, -0.2) is 42.0 Å². The topological polar surface area (TPSA) is 84.9 Å². The minimum absolute atomic E-state index is 0.0767. The van der Waals surface area contributed by atoms with Gasteiger partial charge in [0.05, 0.1) is 17.7 Å². The number of amides is 4. The summed E-state index contributed by atoms with van der Waals surface area (Å²) in [4.78, 5) is 39.1. The Bertz CT molecular complexity index is 846. The first-order chi connectivity index (χ1) is 14.0. The fourth-order valence-electron chi connectivity index (χ4n) is 3.71. The number of imide groups is 2. The summed E-state index contributed by atoms with van der Waals surface area (Å²) in [6, 6.07) is 2.65. The van der Waals surface area contributed by atoms with Crippen molar-refractivity contribution in [1.82, 2.24) is 10.2 Å². The molecule has 3 rings (SSSR count). The van der Waals surface area contributed by atoms with Gasteiger partial charge in [0.25, 0.3) is 11.8 Å². The molecule has 0 bridgehead atoms. The van der Waals surface area contributed by atoms with Gasteiger partial charge in [-0.1, -0.05) is 19.3 Å². The van der Waals surface area contributed by atoms with Crippen LogP contribution in [0.4, 0.5) is 4.79 Å². The monoisotopic (exact) mass is 464 g/mol. The Kier molecular flexibility index (Phi) is 6.95. The Morgan fingerprint density at radius 1 is 1.07 bits per heavy atom. The number of rotatable bonds is 6. The molecule has 1 aromatic rings. The van der Waals surface area contributed by atoms with Gasteiger partial charge in [0, 0.05) is 17.7 Å². The summed E-state index contributed by atoms with van der Waals surface area (Å²) < 4.78 is 11.9. The zero-order valence-electron chi connectivity index (χ0n) is 16.6. The highest BCUT2D eigenvalue weighted by Crippen LogP contribution is 2.35. The molecular weight excluding hydrogens is 440 g/mol. The lowest BCUT2D eigenvalue weighted by Crippen LogP contribution is -2.58. The Hall–Kier alpha value is -2.35. The molecule has 1 aromatic carbocycles. The van der Waals surface area contributed by atoms with Gasteiger partial charge < -0.3 is 9.47 Å². The smallest absolute Gasteiger partial charge is 0.331 e. The summed E-state index contributed by atoms with van der Waals surface area (Å²) in [5.74, 6) is -0.150. The molecular formula is C21H25BrN2O5. The minimum Gasteiger partial charge on any atom is -0.493 e. The van der Waals surface area contributed by atoms with Crippen molar-refractivity contribution in [2.24, 2.45) is 0 Å². The third-order valence-corrected chi connectivity index (χ3v) is 5.66. The lowest BCUT2D eigenvalue weighted by molar-refractivity contribution is -0.132. The van der Waals surface area contributed by atoms with Gasteiger partial charge in [-0.3, -0.25) is 19.8 Å². The lowest BCUT2D eigenvalue weighted by Gasteiger charge is -2.35. The fraction of sp³-hybridized carbons (Fsp3) is 0.476. The van der Waals surface area contributed by atoms with Crippen LogP contribution in [0.1, 0.15) is 51.5 Å². The summed E-state index contributed by atoms with van der Waals surface area (Å²) in [6.07, 6.45) is 6.04. The van der Waals surface area contributed by atoms with E-state index in [0.29, 0.717) is 34.7 Å². The van der Waals surface area contributed by atoms with Crippen molar-refractivity contribution >= 4 is 39.9 Å². The van der Waals surface area contributed by atoms with Crippen LogP contribution in [0, 0.1) is 0 Å². The molecule has 7 nitrogen and oxygen atoms in total. The molecule has 0 spiro atoms. The Labute approximate surface area is 178 Å². The highest BCUT2D eigenvalue weighted by molar-refractivity contribution is 9.10. The molecule has 2 aliphatic rings. The predicted octanol–water partition coefficient (Wildman–Crippen LogP) is 4.04. The molecule has 2 fully saturated rings. The zero-order chi connectivity index (χ0) is 21.0. The van der Waals surface area contributed by atoms with Gasteiger partial charge in [-0.2, -0.15) is 0 Å². The normalized spacial score (nSPS) is 19.5. The fourth-order valence-corrected chi connectivity index (χ4v) is 4.18. The third kappa shape index (κ3) is 4.63. The van der Waals surface area contributed by atoms with Crippen molar-refractivity contribution in [3.8, 4) is 11.5 Å². The largest absolute Gasteiger partial charge is 0.493 e. The van der Waals surface area contributed by atoms with E-state index in [1.165, 1.54) is 11.0 Å². The number of hydrogen-bond donors (Lipinski definition) is 1. The average molecular weight is 465 g/mol. The molecule has 1 saturated heterocycles. The van der Waals surface area contributed by atoms with Crippen molar-refractivity contribution in [2.45, 2.75) is 52.0 Å². The molecule has 1 saturated carbocycles. The summed E-state index contributed by atoms with van der Waals surface area (Å²) in [5, 5.41) is 2.31. The van der Waals surface area contributed by atoms with E-state index in [0.717, 1.165) is 32.1 Å². The number of nitrogens with one attached hydrogen (secondary N) is 1. The summed E-state index contributed by atoms with van der Waals surface area (Å²) >= 11 is 3.45. The van der Waals surface area contributed by atoms with Gasteiger partial charge in [-0.15, -0.1) is 0 Å². The SMILES string of the molecule is CCOc1cc(OCC)c(C=C2C(=O)NC(=O)N(C3CCCCC3)C2=O)cc1Br. The van der Waals surface area contributed by atoms with Gasteiger partial charge in [0.15, 0.2) is 0 Å². The van der Waals surface area contributed by atoms with Crippen molar-refractivity contribution in [1.29, 1.82) is 0 Å². The first kappa shape index (κ1) is 21.4. The molecule has 29 heavy (non-hydrogen) atoms. The number of barbiturate groups is 1. The van der Waals surface area contributed by atoms with Crippen LogP contribution in [0.25, 0.3) is 6.08 Å². The number of urea groups is 1.